The molecule has 2 rings (SSSR count). The van der Waals surface area contributed by atoms with E-state index in [2.05, 4.69) is 11.4 Å². The molecule has 1 unspecified atom stereocenters. The van der Waals surface area contributed by atoms with E-state index in [0.29, 0.717) is 16.5 Å². The van der Waals surface area contributed by atoms with Gasteiger partial charge in [0.25, 0.3) is 0 Å². The fraction of sp³-hybridized carbons (Fsp3) is 0.462. The summed E-state index contributed by atoms with van der Waals surface area (Å²) in [6.45, 7) is 2.66. The fourth-order valence-electron chi connectivity index (χ4n) is 1.95. The molecule has 0 bridgehead atoms. The van der Waals surface area contributed by atoms with E-state index in [1.165, 1.54) is 0 Å². The molecule has 1 saturated heterocycles. The molecule has 1 heterocycles. The smallest absolute Gasteiger partial charge is 0.0992 e. The predicted molar refractivity (Wildman–Crippen MR) is 68.2 cm³/mol. The first-order valence-electron chi connectivity index (χ1n) is 5.81. The molecule has 1 aromatic carbocycles. The lowest BCUT2D eigenvalue weighted by molar-refractivity contribution is 0.185. The zero-order chi connectivity index (χ0) is 12.1. The number of hydrogen-bond acceptors (Lipinski definition) is 3. The van der Waals surface area contributed by atoms with Crippen LogP contribution in [-0.4, -0.2) is 19.8 Å². The average molecular weight is 251 g/mol. The molecule has 90 valence electrons. The van der Waals surface area contributed by atoms with Crippen LogP contribution in [0.3, 0.4) is 0 Å². The second-order valence-corrected chi connectivity index (χ2v) is 4.66. The van der Waals surface area contributed by atoms with Gasteiger partial charge < -0.3 is 10.1 Å². The van der Waals surface area contributed by atoms with Crippen molar-refractivity contribution in [1.82, 2.24) is 0 Å². The van der Waals surface area contributed by atoms with Crippen molar-refractivity contribution in [2.75, 3.05) is 25.1 Å². The van der Waals surface area contributed by atoms with Crippen LogP contribution in [0, 0.1) is 17.2 Å². The molecule has 3 nitrogen and oxygen atoms in total. The number of nitrogens with one attached hydrogen (secondary N) is 1. The lowest BCUT2D eigenvalue weighted by atomic mass is 10.1. The summed E-state index contributed by atoms with van der Waals surface area (Å²) in [5, 5.41) is 12.6. The quantitative estimate of drug-likeness (QED) is 0.893. The number of nitrogens with zero attached hydrogens (tertiary/aromatic N) is 1. The number of benzene rings is 1. The van der Waals surface area contributed by atoms with E-state index in [1.807, 2.05) is 6.07 Å². The first-order valence-corrected chi connectivity index (χ1v) is 6.18. The largest absolute Gasteiger partial charge is 0.384 e. The minimum Gasteiger partial charge on any atom is -0.384 e. The summed E-state index contributed by atoms with van der Waals surface area (Å²) in [5.74, 6) is 0.666. The van der Waals surface area contributed by atoms with Gasteiger partial charge in [-0.2, -0.15) is 5.26 Å². The molecule has 0 aliphatic carbocycles. The molecule has 0 aromatic heterocycles. The molecule has 1 aliphatic heterocycles. The summed E-state index contributed by atoms with van der Waals surface area (Å²) >= 11 is 6.07. The van der Waals surface area contributed by atoms with Crippen LogP contribution in [0.4, 0.5) is 5.69 Å². The summed E-state index contributed by atoms with van der Waals surface area (Å²) < 4.78 is 5.32. The SMILES string of the molecule is N#Cc1ccc(NCCC2CCOC2)c(Cl)c1. The Morgan fingerprint density at radius 1 is 1.53 bits per heavy atom. The topological polar surface area (TPSA) is 45.0 Å². The van der Waals surface area contributed by atoms with E-state index < -0.39 is 0 Å². The lowest BCUT2D eigenvalue weighted by Gasteiger charge is -2.11. The second-order valence-electron chi connectivity index (χ2n) is 4.25. The van der Waals surface area contributed by atoms with Crippen molar-refractivity contribution in [3.63, 3.8) is 0 Å². The van der Waals surface area contributed by atoms with E-state index in [1.54, 1.807) is 12.1 Å². The molecule has 0 spiro atoms. The monoisotopic (exact) mass is 250 g/mol. The maximum Gasteiger partial charge on any atom is 0.0992 e. The summed E-state index contributed by atoms with van der Waals surface area (Å²) in [5.41, 5.74) is 1.48. The van der Waals surface area contributed by atoms with Gasteiger partial charge in [0.05, 0.1) is 22.3 Å². The van der Waals surface area contributed by atoms with Gasteiger partial charge in [0.2, 0.25) is 0 Å². The summed E-state index contributed by atoms with van der Waals surface area (Å²) in [6.07, 6.45) is 2.25. The molecule has 1 aliphatic rings. The Morgan fingerprint density at radius 2 is 2.41 bits per heavy atom. The van der Waals surface area contributed by atoms with E-state index >= 15 is 0 Å². The van der Waals surface area contributed by atoms with Crippen molar-refractivity contribution < 1.29 is 4.74 Å². The highest BCUT2D eigenvalue weighted by atomic mass is 35.5. The van der Waals surface area contributed by atoms with Gasteiger partial charge in [-0.15, -0.1) is 0 Å². The molecular weight excluding hydrogens is 236 g/mol. The fourth-order valence-corrected chi connectivity index (χ4v) is 2.20. The van der Waals surface area contributed by atoms with Crippen molar-refractivity contribution in [2.24, 2.45) is 5.92 Å². The third-order valence-corrected chi connectivity index (χ3v) is 3.30. The van der Waals surface area contributed by atoms with Crippen LogP contribution in [0.25, 0.3) is 0 Å². The molecular formula is C13H15ClN2O. The molecule has 1 N–H and O–H groups in total. The zero-order valence-electron chi connectivity index (χ0n) is 9.58. The molecule has 17 heavy (non-hydrogen) atoms. The first-order chi connectivity index (χ1) is 8.29. The van der Waals surface area contributed by atoms with E-state index in [9.17, 15) is 0 Å². The third-order valence-electron chi connectivity index (χ3n) is 2.99. The Hall–Kier alpha value is -1.24. The van der Waals surface area contributed by atoms with Crippen LogP contribution in [0.1, 0.15) is 18.4 Å². The van der Waals surface area contributed by atoms with E-state index in [4.69, 9.17) is 21.6 Å². The van der Waals surface area contributed by atoms with Gasteiger partial charge in [0.1, 0.15) is 0 Å². The van der Waals surface area contributed by atoms with Crippen LogP contribution < -0.4 is 5.32 Å². The van der Waals surface area contributed by atoms with Crippen LogP contribution in [0.15, 0.2) is 18.2 Å². The zero-order valence-corrected chi connectivity index (χ0v) is 10.3. The predicted octanol–water partition coefficient (Wildman–Crippen LogP) is 3.05. The van der Waals surface area contributed by atoms with Crippen molar-refractivity contribution in [2.45, 2.75) is 12.8 Å². The number of hydrogen-bond donors (Lipinski definition) is 1. The van der Waals surface area contributed by atoms with Gasteiger partial charge in [-0.3, -0.25) is 0 Å². The highest BCUT2D eigenvalue weighted by molar-refractivity contribution is 6.33. The van der Waals surface area contributed by atoms with Crippen LogP contribution >= 0.6 is 11.6 Å². The lowest BCUT2D eigenvalue weighted by Crippen LogP contribution is -2.09. The highest BCUT2D eigenvalue weighted by Gasteiger charge is 2.14. The molecule has 0 amide bonds. The van der Waals surface area contributed by atoms with Crippen molar-refractivity contribution in [3.8, 4) is 6.07 Å². The first kappa shape index (κ1) is 12.2. The van der Waals surface area contributed by atoms with Gasteiger partial charge in [-0.05, 0) is 37.0 Å². The normalized spacial score (nSPS) is 18.9. The van der Waals surface area contributed by atoms with Gasteiger partial charge in [0.15, 0.2) is 0 Å². The Morgan fingerprint density at radius 3 is 3.06 bits per heavy atom. The van der Waals surface area contributed by atoms with Gasteiger partial charge in [-0.25, -0.2) is 0 Å². The van der Waals surface area contributed by atoms with Crippen molar-refractivity contribution in [1.29, 1.82) is 5.26 Å². The Bertz CT molecular complexity index is 422. The van der Waals surface area contributed by atoms with Crippen LogP contribution in [-0.2, 0) is 4.74 Å². The second kappa shape index (κ2) is 5.90. The minimum absolute atomic E-state index is 0.588. The van der Waals surface area contributed by atoms with Gasteiger partial charge in [0, 0.05) is 19.8 Å². The number of ether oxygens (including phenoxy) is 1. The molecule has 0 saturated carbocycles. The molecule has 0 radical (unpaired) electrons. The third kappa shape index (κ3) is 3.36. The number of nitriles is 1. The van der Waals surface area contributed by atoms with E-state index in [0.717, 1.165) is 38.3 Å². The van der Waals surface area contributed by atoms with Crippen molar-refractivity contribution >= 4 is 17.3 Å². The summed E-state index contributed by atoms with van der Waals surface area (Å²) in [7, 11) is 0. The number of anilines is 1. The van der Waals surface area contributed by atoms with Gasteiger partial charge >= 0.3 is 0 Å². The highest BCUT2D eigenvalue weighted by Crippen LogP contribution is 2.23. The molecule has 1 atom stereocenters. The van der Waals surface area contributed by atoms with Crippen LogP contribution in [0.2, 0.25) is 5.02 Å². The number of rotatable bonds is 4. The minimum atomic E-state index is 0.588. The van der Waals surface area contributed by atoms with Gasteiger partial charge in [-0.1, -0.05) is 11.6 Å². The Kier molecular flexibility index (Phi) is 4.24. The average Bonchev–Trinajstić information content (AvgIpc) is 2.84. The van der Waals surface area contributed by atoms with Crippen LogP contribution in [0.5, 0.6) is 0 Å². The Balaban J connectivity index is 1.84. The molecule has 1 fully saturated rings. The molecule has 4 heteroatoms. The number of halogens is 1. The summed E-state index contributed by atoms with van der Waals surface area (Å²) in [4.78, 5) is 0. The Labute approximate surface area is 106 Å². The van der Waals surface area contributed by atoms with E-state index in [-0.39, 0.29) is 0 Å². The maximum absolute atomic E-state index is 8.73. The maximum atomic E-state index is 8.73. The molecule has 1 aromatic rings. The summed E-state index contributed by atoms with van der Waals surface area (Å²) in [6, 6.07) is 7.37. The standard InChI is InChI=1S/C13H15ClN2O/c14-12-7-11(8-15)1-2-13(12)16-5-3-10-4-6-17-9-10/h1-2,7,10,16H,3-6,9H2. The van der Waals surface area contributed by atoms with Crippen molar-refractivity contribution in [3.05, 3.63) is 28.8 Å².